The zero-order chi connectivity index (χ0) is 11.4. The molecule has 1 N–H and O–H groups in total. The van der Waals surface area contributed by atoms with E-state index in [1.807, 2.05) is 38.1 Å². The van der Waals surface area contributed by atoms with Gasteiger partial charge in [-0.05, 0) is 19.1 Å². The molecule has 0 amide bonds. The van der Waals surface area contributed by atoms with Crippen LogP contribution in [-0.2, 0) is 4.84 Å². The molecule has 0 atom stereocenters. The Balaban J connectivity index is -0.0000000907. The Morgan fingerprint density at radius 2 is 1.31 bits per heavy atom. The maximum absolute atomic E-state index is 5.71. The summed E-state index contributed by atoms with van der Waals surface area (Å²) in [4.78, 5) is 3.50. The molecule has 0 bridgehead atoms. The van der Waals surface area contributed by atoms with Gasteiger partial charge in [-0.25, -0.2) is 0 Å². The van der Waals surface area contributed by atoms with Crippen molar-refractivity contribution in [2.24, 2.45) is 0 Å². The van der Waals surface area contributed by atoms with Crippen LogP contribution in [0.3, 0.4) is 0 Å². The van der Waals surface area contributed by atoms with E-state index < -0.39 is 0 Å². The van der Waals surface area contributed by atoms with E-state index >= 15 is 0 Å². The van der Waals surface area contributed by atoms with Crippen LogP contribution in [0.25, 0.3) is 5.90 Å². The largest absolute Gasteiger partial charge is 0.550 e. The molecule has 0 unspecified atom stereocenters. The summed E-state index contributed by atoms with van der Waals surface area (Å²) >= 11 is 0. The number of hydrogen-bond donors (Lipinski definition) is 0. The number of methoxy groups -OCH3 is 1. The summed E-state index contributed by atoms with van der Waals surface area (Å²) in [6, 6.07) is 7.96. The average Bonchev–Trinajstić information content (AvgIpc) is 2.23. The first-order chi connectivity index (χ1) is 6.74. The Kier molecular flexibility index (Phi) is 31.8. The van der Waals surface area contributed by atoms with Crippen molar-refractivity contribution in [3.8, 4) is 5.75 Å². The fraction of sp³-hybridized carbons (Fsp3) is 0.417. The van der Waals surface area contributed by atoms with E-state index in [2.05, 4.69) is 11.8 Å². The molecule has 0 saturated carbocycles. The SMILES string of the molecule is CC.CO[NH-].COc1ccc(C)cc1.[CH3-].[Np]. The Labute approximate surface area is 123 Å². The van der Waals surface area contributed by atoms with Gasteiger partial charge >= 0.3 is 0 Å². The minimum Gasteiger partial charge on any atom is -0.550 e. The fourth-order valence-corrected chi connectivity index (χ4v) is 0.674. The summed E-state index contributed by atoms with van der Waals surface area (Å²) in [6.45, 7) is 6.06. The molecule has 0 aliphatic rings. The molecule has 0 aromatic heterocycles. The van der Waals surface area contributed by atoms with Crippen molar-refractivity contribution in [1.82, 2.24) is 0 Å². The van der Waals surface area contributed by atoms with Crippen molar-refractivity contribution in [3.63, 3.8) is 0 Å². The molecular formula is C12H23NNpO2-2. The second-order valence-electron chi connectivity index (χ2n) is 2.22. The van der Waals surface area contributed by atoms with Gasteiger partial charge in [0.1, 0.15) is 5.75 Å². The number of rotatable bonds is 1. The third-order valence-corrected chi connectivity index (χ3v) is 1.26. The van der Waals surface area contributed by atoms with E-state index in [0.717, 1.165) is 5.75 Å². The van der Waals surface area contributed by atoms with Gasteiger partial charge in [-0.2, -0.15) is 0 Å². The average molecular weight is 450 g/mol. The van der Waals surface area contributed by atoms with Crippen LogP contribution in [0.15, 0.2) is 24.3 Å². The van der Waals surface area contributed by atoms with Gasteiger partial charge in [0.25, 0.3) is 0 Å². The molecule has 0 aliphatic carbocycles. The van der Waals surface area contributed by atoms with Crippen LogP contribution >= 0.6 is 0 Å². The molecule has 16 heavy (non-hydrogen) atoms. The first-order valence-electron chi connectivity index (χ1n) is 4.55. The van der Waals surface area contributed by atoms with Gasteiger partial charge in [0.15, 0.2) is 0 Å². The summed E-state index contributed by atoms with van der Waals surface area (Å²) in [5, 5.41) is 0. The Morgan fingerprint density at radius 3 is 1.56 bits per heavy atom. The van der Waals surface area contributed by atoms with Crippen LogP contribution < -0.4 is 4.74 Å². The predicted octanol–water partition coefficient (Wildman–Crippen LogP) is 4.08. The summed E-state index contributed by atoms with van der Waals surface area (Å²) in [6.07, 6.45) is 0. The van der Waals surface area contributed by atoms with Crippen molar-refractivity contribution < 1.29 is 39.5 Å². The second kappa shape index (κ2) is 20.4. The molecule has 3 nitrogen and oxygen atoms in total. The van der Waals surface area contributed by atoms with Crippen molar-refractivity contribution in [2.45, 2.75) is 20.8 Å². The van der Waals surface area contributed by atoms with E-state index in [-0.39, 0.29) is 37.4 Å². The first kappa shape index (κ1) is 25.0. The van der Waals surface area contributed by atoms with Gasteiger partial charge in [0, 0.05) is 37.1 Å². The second-order valence-corrected chi connectivity index (χ2v) is 2.22. The molecule has 1 aromatic rings. The molecule has 4 heteroatoms. The van der Waals surface area contributed by atoms with Crippen molar-refractivity contribution in [1.29, 1.82) is 0 Å². The molecule has 0 fully saturated rings. The third kappa shape index (κ3) is 16.4. The number of benzene rings is 1. The van der Waals surface area contributed by atoms with E-state index in [0.29, 0.717) is 0 Å². The summed E-state index contributed by atoms with van der Waals surface area (Å²) in [7, 11) is 2.96. The molecule has 0 spiro atoms. The number of hydrogen-bond acceptors (Lipinski definition) is 2. The smallest absolute Gasteiger partial charge is 0.118 e. The van der Waals surface area contributed by atoms with Gasteiger partial charge in [0.2, 0.25) is 0 Å². The molecule has 1 rings (SSSR count). The maximum Gasteiger partial charge on any atom is 0.118 e. The van der Waals surface area contributed by atoms with E-state index in [4.69, 9.17) is 10.6 Å². The normalized spacial score (nSPS) is 6.62. The van der Waals surface area contributed by atoms with Crippen molar-refractivity contribution in [2.75, 3.05) is 14.2 Å². The molecule has 0 aliphatic heterocycles. The molecule has 95 valence electrons. The van der Waals surface area contributed by atoms with Crippen molar-refractivity contribution >= 4 is 0 Å². The summed E-state index contributed by atoms with van der Waals surface area (Å²) in [5.74, 6) is 6.63. The van der Waals surface area contributed by atoms with Gasteiger partial charge < -0.3 is 22.9 Å². The molecule has 1 aromatic carbocycles. The third-order valence-electron chi connectivity index (χ3n) is 1.26. The Bertz CT molecular complexity index is 203. The summed E-state index contributed by atoms with van der Waals surface area (Å²) < 4.78 is 4.97. The maximum atomic E-state index is 5.71. The molecule has 1 radical (unpaired) electrons. The van der Waals surface area contributed by atoms with E-state index in [1.54, 1.807) is 7.11 Å². The summed E-state index contributed by atoms with van der Waals surface area (Å²) in [5.41, 5.74) is 1.26. The molecule has 0 heterocycles. The van der Waals surface area contributed by atoms with E-state index in [9.17, 15) is 0 Å². The van der Waals surface area contributed by atoms with Gasteiger partial charge in [-0.3, -0.25) is 0 Å². The van der Waals surface area contributed by atoms with Gasteiger partial charge in [-0.15, -0.1) is 0 Å². The zero-order valence-electron chi connectivity index (χ0n) is 11.1. The van der Waals surface area contributed by atoms with Crippen LogP contribution in [0.5, 0.6) is 5.75 Å². The quantitative estimate of drug-likeness (QED) is 0.478. The minimum absolute atomic E-state index is 0. The number of nitrogens with one attached hydrogen (secondary N) is 1. The molecular weight excluding hydrogens is 427 g/mol. The van der Waals surface area contributed by atoms with Crippen LogP contribution in [0.4, 0.5) is 0 Å². The zero-order valence-corrected chi connectivity index (χ0v) is 14.8. The van der Waals surface area contributed by atoms with Crippen LogP contribution in [0.1, 0.15) is 19.4 Å². The van der Waals surface area contributed by atoms with Crippen LogP contribution in [0, 0.1) is 44.3 Å². The van der Waals surface area contributed by atoms with Crippen molar-refractivity contribution in [3.05, 3.63) is 43.2 Å². The van der Waals surface area contributed by atoms with Gasteiger partial charge in [0.05, 0.1) is 7.11 Å². The standard InChI is InChI=1S/C8H10O.C2H6.CH4NO.CH3.Np/c1-7-3-5-8(9-2)6-4-7;1-2;1-3-2;;/h3-6H,1-2H3;1-2H3;2H,1H3;1H3;/q;;2*-1;. The number of aryl methyl sites for hydroxylation is 1. The van der Waals surface area contributed by atoms with Crippen LogP contribution in [-0.4, -0.2) is 14.2 Å². The Morgan fingerprint density at radius 1 is 1.00 bits per heavy atom. The predicted molar refractivity (Wildman–Crippen MR) is 66.8 cm³/mol. The first-order valence-corrected chi connectivity index (χ1v) is 4.55. The Hall–Kier alpha value is -0.0470. The topological polar surface area (TPSA) is 42.3 Å². The van der Waals surface area contributed by atoms with Gasteiger partial charge in [-0.1, -0.05) is 31.5 Å². The number of ether oxygens (including phenoxy) is 1. The fourth-order valence-electron chi connectivity index (χ4n) is 0.674. The van der Waals surface area contributed by atoms with Crippen LogP contribution in [0.2, 0.25) is 0 Å². The van der Waals surface area contributed by atoms with E-state index in [1.165, 1.54) is 12.7 Å². The molecule has 0 saturated heterocycles. The minimum atomic E-state index is 0. The monoisotopic (exact) mass is 449 g/mol.